The van der Waals surface area contributed by atoms with E-state index in [0.717, 1.165) is 39.4 Å². The smallest absolute Gasteiger partial charge is 0.220 e. The molecule has 0 atom stereocenters. The van der Waals surface area contributed by atoms with Crippen molar-refractivity contribution in [2.75, 3.05) is 7.11 Å². The summed E-state index contributed by atoms with van der Waals surface area (Å²) in [6, 6.07) is 21.6. The fourth-order valence-electron chi connectivity index (χ4n) is 3.63. The molecule has 0 bridgehead atoms. The zero-order valence-corrected chi connectivity index (χ0v) is 18.8. The van der Waals surface area contributed by atoms with Gasteiger partial charge in [-0.3, -0.25) is 9.78 Å². The van der Waals surface area contributed by atoms with Crippen molar-refractivity contribution in [2.45, 2.75) is 26.3 Å². The summed E-state index contributed by atoms with van der Waals surface area (Å²) in [6.07, 6.45) is 4.62. The van der Waals surface area contributed by atoms with Crippen LogP contribution in [0.3, 0.4) is 0 Å². The van der Waals surface area contributed by atoms with Gasteiger partial charge in [-0.15, -0.1) is 0 Å². The van der Waals surface area contributed by atoms with E-state index in [0.29, 0.717) is 25.2 Å². The van der Waals surface area contributed by atoms with Crippen LogP contribution in [0.5, 0.6) is 5.75 Å². The van der Waals surface area contributed by atoms with E-state index in [2.05, 4.69) is 20.3 Å². The summed E-state index contributed by atoms with van der Waals surface area (Å²) < 4.78 is 5.35. The van der Waals surface area contributed by atoms with Gasteiger partial charge in [-0.05, 0) is 42.7 Å². The first kappa shape index (κ1) is 22.1. The number of hydrogen-bond acceptors (Lipinski definition) is 5. The van der Waals surface area contributed by atoms with Crippen LogP contribution in [0, 0.1) is 6.92 Å². The van der Waals surface area contributed by atoms with Crippen LogP contribution >= 0.6 is 0 Å². The van der Waals surface area contributed by atoms with Gasteiger partial charge in [0.15, 0.2) is 0 Å². The van der Waals surface area contributed by atoms with Crippen LogP contribution in [0.25, 0.3) is 22.5 Å². The van der Waals surface area contributed by atoms with Gasteiger partial charge < -0.3 is 10.1 Å². The number of pyridine rings is 1. The molecule has 0 aliphatic rings. The summed E-state index contributed by atoms with van der Waals surface area (Å²) in [6.45, 7) is 2.35. The highest BCUT2D eigenvalue weighted by molar-refractivity contribution is 5.78. The van der Waals surface area contributed by atoms with E-state index in [-0.39, 0.29) is 5.91 Å². The molecule has 0 radical (unpaired) electrons. The molecule has 0 aliphatic heterocycles. The molecule has 2 aromatic heterocycles. The highest BCUT2D eigenvalue weighted by atomic mass is 16.5. The predicted octanol–water partition coefficient (Wildman–Crippen LogP) is 4.77. The molecule has 0 fully saturated rings. The van der Waals surface area contributed by atoms with Gasteiger partial charge in [-0.1, -0.05) is 48.5 Å². The molecule has 4 rings (SSSR count). The van der Waals surface area contributed by atoms with Gasteiger partial charge in [0.05, 0.1) is 18.5 Å². The summed E-state index contributed by atoms with van der Waals surface area (Å²) in [5, 5.41) is 3.00. The van der Waals surface area contributed by atoms with Crippen LogP contribution in [0.1, 0.15) is 23.4 Å². The molecule has 2 aromatic carbocycles. The summed E-state index contributed by atoms with van der Waals surface area (Å²) in [5.41, 5.74) is 5.59. The maximum atomic E-state index is 12.3. The lowest BCUT2D eigenvalue weighted by molar-refractivity contribution is -0.121. The van der Waals surface area contributed by atoms with Crippen molar-refractivity contribution in [3.63, 3.8) is 0 Å². The number of nitrogens with zero attached hydrogens (tertiary/aromatic N) is 3. The molecule has 4 aromatic rings. The Bertz CT molecular complexity index is 1220. The zero-order chi connectivity index (χ0) is 23.0. The van der Waals surface area contributed by atoms with Crippen LogP contribution in [0.2, 0.25) is 0 Å². The Balaban J connectivity index is 1.40. The number of amides is 1. The van der Waals surface area contributed by atoms with Gasteiger partial charge >= 0.3 is 0 Å². The van der Waals surface area contributed by atoms with Crippen LogP contribution < -0.4 is 10.1 Å². The van der Waals surface area contributed by atoms with Crippen molar-refractivity contribution < 1.29 is 9.53 Å². The van der Waals surface area contributed by atoms with Crippen molar-refractivity contribution in [1.82, 2.24) is 20.3 Å². The number of hydrogen-bond donors (Lipinski definition) is 1. The minimum absolute atomic E-state index is 0.00819. The Labute approximate surface area is 193 Å². The van der Waals surface area contributed by atoms with Crippen LogP contribution in [0.15, 0.2) is 79.1 Å². The van der Waals surface area contributed by atoms with Crippen molar-refractivity contribution in [1.29, 1.82) is 0 Å². The molecule has 166 valence electrons. The number of methoxy groups -OCH3 is 1. The maximum absolute atomic E-state index is 12.3. The lowest BCUT2D eigenvalue weighted by Gasteiger charge is -2.11. The standard InChI is InChI=1S/C27H26N4O2/c1-19-29-18-23(24-8-5-6-16-28-24)27(31-19)22-12-10-20(11-13-22)17-30-26(32)15-14-21-7-3-4-9-25(21)33-2/h3-13,16,18H,14-15,17H2,1-2H3,(H,30,32). The molecule has 0 unspecified atom stereocenters. The van der Waals surface area contributed by atoms with E-state index in [1.165, 1.54) is 0 Å². The van der Waals surface area contributed by atoms with E-state index < -0.39 is 0 Å². The second-order valence-corrected chi connectivity index (χ2v) is 7.68. The molecule has 2 heterocycles. The molecule has 0 spiro atoms. The van der Waals surface area contributed by atoms with Gasteiger partial charge in [0.25, 0.3) is 0 Å². The van der Waals surface area contributed by atoms with Crippen molar-refractivity contribution in [3.8, 4) is 28.3 Å². The first-order valence-corrected chi connectivity index (χ1v) is 10.9. The molecular weight excluding hydrogens is 412 g/mol. The third-order valence-electron chi connectivity index (χ3n) is 5.38. The largest absolute Gasteiger partial charge is 0.496 e. The zero-order valence-electron chi connectivity index (χ0n) is 18.8. The maximum Gasteiger partial charge on any atom is 0.220 e. The molecule has 0 saturated heterocycles. The lowest BCUT2D eigenvalue weighted by atomic mass is 10.0. The molecule has 0 saturated carbocycles. The van der Waals surface area contributed by atoms with Gasteiger partial charge in [0.2, 0.25) is 5.91 Å². The molecule has 33 heavy (non-hydrogen) atoms. The Morgan fingerprint density at radius 1 is 0.970 bits per heavy atom. The van der Waals surface area contributed by atoms with Crippen molar-refractivity contribution in [3.05, 3.63) is 96.1 Å². The monoisotopic (exact) mass is 438 g/mol. The van der Waals surface area contributed by atoms with Gasteiger partial charge in [-0.25, -0.2) is 9.97 Å². The summed E-state index contributed by atoms with van der Waals surface area (Å²) in [4.78, 5) is 25.8. The Morgan fingerprint density at radius 3 is 2.52 bits per heavy atom. The van der Waals surface area contributed by atoms with E-state index in [9.17, 15) is 4.79 Å². The first-order valence-electron chi connectivity index (χ1n) is 10.9. The van der Waals surface area contributed by atoms with Crippen molar-refractivity contribution >= 4 is 5.91 Å². The van der Waals surface area contributed by atoms with Crippen LogP contribution in [0.4, 0.5) is 0 Å². The summed E-state index contributed by atoms with van der Waals surface area (Å²) in [5.74, 6) is 1.52. The topological polar surface area (TPSA) is 77.0 Å². The minimum Gasteiger partial charge on any atom is -0.496 e. The summed E-state index contributed by atoms with van der Waals surface area (Å²) >= 11 is 0. The van der Waals surface area contributed by atoms with Crippen LogP contribution in [-0.2, 0) is 17.8 Å². The first-order chi connectivity index (χ1) is 16.1. The Hall–Kier alpha value is -4.06. The number of aryl methyl sites for hydroxylation is 2. The van der Waals surface area contributed by atoms with E-state index >= 15 is 0 Å². The number of benzene rings is 2. The molecular formula is C27H26N4O2. The summed E-state index contributed by atoms with van der Waals surface area (Å²) in [7, 11) is 1.64. The molecule has 0 aliphatic carbocycles. The second kappa shape index (κ2) is 10.5. The molecule has 6 heteroatoms. The average Bonchev–Trinajstić information content (AvgIpc) is 2.87. The normalized spacial score (nSPS) is 10.6. The lowest BCUT2D eigenvalue weighted by Crippen LogP contribution is -2.23. The molecule has 1 N–H and O–H groups in total. The van der Waals surface area contributed by atoms with Gasteiger partial charge in [0.1, 0.15) is 11.6 Å². The number of aromatic nitrogens is 3. The van der Waals surface area contributed by atoms with E-state index in [1.54, 1.807) is 13.3 Å². The highest BCUT2D eigenvalue weighted by Crippen LogP contribution is 2.29. The van der Waals surface area contributed by atoms with Gasteiger partial charge in [0, 0.05) is 36.5 Å². The quantitative estimate of drug-likeness (QED) is 0.429. The number of rotatable bonds is 8. The molecule has 1 amide bonds. The SMILES string of the molecule is COc1ccccc1CCC(=O)NCc1ccc(-c2nc(C)ncc2-c2ccccn2)cc1. The Morgan fingerprint density at radius 2 is 1.76 bits per heavy atom. The molecule has 6 nitrogen and oxygen atoms in total. The highest BCUT2D eigenvalue weighted by Gasteiger charge is 2.12. The minimum atomic E-state index is 0.00819. The Kier molecular flexibility index (Phi) is 7.05. The van der Waals surface area contributed by atoms with E-state index in [4.69, 9.17) is 4.74 Å². The number of para-hydroxylation sites is 1. The number of ether oxygens (including phenoxy) is 1. The number of carbonyl (C=O) groups excluding carboxylic acids is 1. The fraction of sp³-hybridized carbons (Fsp3) is 0.185. The number of carbonyl (C=O) groups is 1. The third-order valence-corrected chi connectivity index (χ3v) is 5.38. The van der Waals surface area contributed by atoms with Gasteiger partial charge in [-0.2, -0.15) is 0 Å². The average molecular weight is 439 g/mol. The third kappa shape index (κ3) is 5.60. The van der Waals surface area contributed by atoms with Crippen molar-refractivity contribution in [2.24, 2.45) is 0 Å². The van der Waals surface area contributed by atoms with E-state index in [1.807, 2.05) is 79.9 Å². The fourth-order valence-corrected chi connectivity index (χ4v) is 3.63. The second-order valence-electron chi connectivity index (χ2n) is 7.68. The van der Waals surface area contributed by atoms with Crippen LogP contribution in [-0.4, -0.2) is 28.0 Å². The predicted molar refractivity (Wildman–Crippen MR) is 129 cm³/mol. The number of nitrogens with one attached hydrogen (secondary N) is 1.